The average molecular weight is 491 g/mol. The summed E-state index contributed by atoms with van der Waals surface area (Å²) in [6.45, 7) is 11.9. The van der Waals surface area contributed by atoms with Crippen molar-refractivity contribution in [3.63, 3.8) is 0 Å². The number of hydrogen-bond donors (Lipinski definition) is 3. The first-order valence-corrected chi connectivity index (χ1v) is 9.39. The summed E-state index contributed by atoms with van der Waals surface area (Å²) >= 11 is 0. The molecule has 154 valence electrons. The number of aryl methyl sites for hydroxylation is 1. The van der Waals surface area contributed by atoms with Gasteiger partial charge in [0.2, 0.25) is 5.91 Å². The lowest BCUT2D eigenvalue weighted by Crippen LogP contribution is -2.49. The lowest BCUT2D eigenvalue weighted by molar-refractivity contribution is -0.128. The van der Waals surface area contributed by atoms with Crippen LogP contribution in [0, 0.1) is 5.41 Å². The molecule has 0 bridgehead atoms. The Morgan fingerprint density at radius 1 is 1.30 bits per heavy atom. The van der Waals surface area contributed by atoms with E-state index in [0.29, 0.717) is 19.0 Å². The summed E-state index contributed by atoms with van der Waals surface area (Å²) in [5, 5.41) is 14.2. The fraction of sp³-hybridized carbons (Fsp3) is 0.778. The molecule has 0 saturated carbocycles. The predicted molar refractivity (Wildman–Crippen MR) is 119 cm³/mol. The second-order valence-electron chi connectivity index (χ2n) is 8.11. The molecule has 1 aliphatic heterocycles. The first-order valence-electron chi connectivity index (χ1n) is 9.39. The summed E-state index contributed by atoms with van der Waals surface area (Å²) in [6.07, 6.45) is 1.91. The Morgan fingerprint density at radius 3 is 2.56 bits per heavy atom. The molecule has 1 aromatic heterocycles. The van der Waals surface area contributed by atoms with Crippen LogP contribution in [0.25, 0.3) is 0 Å². The van der Waals surface area contributed by atoms with Gasteiger partial charge in [-0.25, -0.2) is 9.67 Å². The monoisotopic (exact) mass is 491 g/mol. The molecule has 0 fully saturated rings. The molecule has 0 radical (unpaired) electrons. The second kappa shape index (κ2) is 10.2. The maximum atomic E-state index is 11.9. The number of fused-ring (bicyclic) bond motifs is 1. The number of amides is 1. The van der Waals surface area contributed by atoms with Crippen LogP contribution in [0.15, 0.2) is 4.99 Å². The Labute approximate surface area is 179 Å². The van der Waals surface area contributed by atoms with Crippen LogP contribution in [0.1, 0.15) is 58.6 Å². The van der Waals surface area contributed by atoms with Crippen molar-refractivity contribution >= 4 is 35.8 Å². The number of carbonyl (C=O) groups excluding carboxylic acids is 1. The van der Waals surface area contributed by atoms with Crippen LogP contribution in [0.3, 0.4) is 0 Å². The number of nitrogens with one attached hydrogen (secondary N) is 3. The second-order valence-corrected chi connectivity index (χ2v) is 8.11. The number of halogens is 1. The van der Waals surface area contributed by atoms with Gasteiger partial charge in [0, 0.05) is 43.9 Å². The number of rotatable bonds is 5. The minimum atomic E-state index is -0.369. The number of hydrogen-bond acceptors (Lipinski definition) is 4. The zero-order chi connectivity index (χ0) is 19.3. The molecule has 1 aliphatic rings. The van der Waals surface area contributed by atoms with E-state index in [1.54, 1.807) is 7.05 Å². The average Bonchev–Trinajstić information content (AvgIpc) is 3.00. The van der Waals surface area contributed by atoms with E-state index in [2.05, 4.69) is 44.9 Å². The molecule has 1 unspecified atom stereocenters. The van der Waals surface area contributed by atoms with Crippen molar-refractivity contribution in [1.82, 2.24) is 30.7 Å². The normalized spacial score (nSPS) is 17.1. The van der Waals surface area contributed by atoms with E-state index in [1.165, 1.54) is 0 Å². The van der Waals surface area contributed by atoms with Crippen molar-refractivity contribution in [2.75, 3.05) is 20.1 Å². The summed E-state index contributed by atoms with van der Waals surface area (Å²) < 4.78 is 2.01. The number of aromatic nitrogens is 3. The molecular formula is C18H34IN7O. The van der Waals surface area contributed by atoms with Crippen LogP contribution in [0.5, 0.6) is 0 Å². The molecule has 3 N–H and O–H groups in total. The molecule has 2 heterocycles. The molecule has 1 atom stereocenters. The Hall–Kier alpha value is -1.39. The van der Waals surface area contributed by atoms with Gasteiger partial charge in [-0.2, -0.15) is 5.10 Å². The minimum absolute atomic E-state index is 0. The van der Waals surface area contributed by atoms with Crippen molar-refractivity contribution in [1.29, 1.82) is 0 Å². The van der Waals surface area contributed by atoms with Gasteiger partial charge in [0.1, 0.15) is 5.82 Å². The molecule has 8 nitrogen and oxygen atoms in total. The third-order valence-electron chi connectivity index (χ3n) is 4.34. The van der Waals surface area contributed by atoms with Gasteiger partial charge in [0.25, 0.3) is 0 Å². The smallest absolute Gasteiger partial charge is 0.225 e. The molecule has 1 aromatic rings. The van der Waals surface area contributed by atoms with Gasteiger partial charge in [-0.05, 0) is 6.42 Å². The van der Waals surface area contributed by atoms with Crippen molar-refractivity contribution in [2.45, 2.75) is 66.0 Å². The highest BCUT2D eigenvalue weighted by Crippen LogP contribution is 2.17. The van der Waals surface area contributed by atoms with Crippen LogP contribution in [0.2, 0.25) is 0 Å². The highest BCUT2D eigenvalue weighted by atomic mass is 127. The zero-order valence-corrected chi connectivity index (χ0v) is 19.6. The number of aliphatic imine (C=N–C) groups is 1. The molecule has 2 rings (SSSR count). The fourth-order valence-corrected chi connectivity index (χ4v) is 2.70. The highest BCUT2D eigenvalue weighted by molar-refractivity contribution is 14.0. The van der Waals surface area contributed by atoms with E-state index < -0.39 is 0 Å². The SMILES string of the molecule is CN=C(NCCNC(=O)C(C)(C)C)NC1CCc2nc(C(C)C)nn2C1.I. The maximum absolute atomic E-state index is 11.9. The molecule has 1 amide bonds. The highest BCUT2D eigenvalue weighted by Gasteiger charge is 2.23. The van der Waals surface area contributed by atoms with Gasteiger partial charge in [0.15, 0.2) is 11.8 Å². The van der Waals surface area contributed by atoms with Crippen molar-refractivity contribution < 1.29 is 4.79 Å². The molecule has 27 heavy (non-hydrogen) atoms. The first-order chi connectivity index (χ1) is 12.2. The van der Waals surface area contributed by atoms with Crippen LogP contribution < -0.4 is 16.0 Å². The standard InChI is InChI=1S/C18H33N7O.HI/c1-12(2)15-23-14-8-7-13(11-25(14)24-15)22-17(19-6)21-10-9-20-16(26)18(3,4)5;/h12-13H,7-11H2,1-6H3,(H,20,26)(H2,19,21,22);1H. The Balaban J connectivity index is 0.00000364. The zero-order valence-electron chi connectivity index (χ0n) is 17.3. The van der Waals surface area contributed by atoms with E-state index in [4.69, 9.17) is 0 Å². The van der Waals surface area contributed by atoms with Crippen molar-refractivity contribution in [3.05, 3.63) is 11.6 Å². The van der Waals surface area contributed by atoms with Crippen LogP contribution in [-0.2, 0) is 17.8 Å². The number of nitrogens with zero attached hydrogens (tertiary/aromatic N) is 4. The molecule has 0 aromatic carbocycles. The topological polar surface area (TPSA) is 96.2 Å². The quantitative estimate of drug-likeness (QED) is 0.252. The Morgan fingerprint density at radius 2 is 1.96 bits per heavy atom. The van der Waals surface area contributed by atoms with Gasteiger partial charge in [0.05, 0.1) is 6.54 Å². The molecular weight excluding hydrogens is 457 g/mol. The first kappa shape index (κ1) is 23.6. The van der Waals surface area contributed by atoms with E-state index in [1.807, 2.05) is 25.5 Å². The van der Waals surface area contributed by atoms with Crippen LogP contribution in [-0.4, -0.2) is 52.8 Å². The van der Waals surface area contributed by atoms with Gasteiger partial charge in [-0.1, -0.05) is 34.6 Å². The van der Waals surface area contributed by atoms with E-state index in [9.17, 15) is 4.79 Å². The number of carbonyl (C=O) groups is 1. The largest absolute Gasteiger partial charge is 0.355 e. The lowest BCUT2D eigenvalue weighted by Gasteiger charge is -2.25. The molecule has 0 saturated heterocycles. The third-order valence-corrected chi connectivity index (χ3v) is 4.34. The predicted octanol–water partition coefficient (Wildman–Crippen LogP) is 1.66. The van der Waals surface area contributed by atoms with E-state index in [0.717, 1.165) is 37.0 Å². The molecule has 9 heteroatoms. The van der Waals surface area contributed by atoms with Gasteiger partial charge in [-0.15, -0.1) is 24.0 Å². The van der Waals surface area contributed by atoms with Gasteiger partial charge >= 0.3 is 0 Å². The summed E-state index contributed by atoms with van der Waals surface area (Å²) in [6, 6.07) is 0.263. The minimum Gasteiger partial charge on any atom is -0.355 e. The van der Waals surface area contributed by atoms with Gasteiger partial charge < -0.3 is 16.0 Å². The van der Waals surface area contributed by atoms with Gasteiger partial charge in [-0.3, -0.25) is 9.79 Å². The lowest BCUT2D eigenvalue weighted by atomic mass is 9.96. The van der Waals surface area contributed by atoms with Crippen LogP contribution >= 0.6 is 24.0 Å². The summed E-state index contributed by atoms with van der Waals surface area (Å²) in [5.41, 5.74) is -0.369. The molecule has 0 spiro atoms. The summed E-state index contributed by atoms with van der Waals surface area (Å²) in [4.78, 5) is 20.8. The van der Waals surface area contributed by atoms with E-state index in [-0.39, 0.29) is 41.3 Å². The third kappa shape index (κ3) is 6.93. The maximum Gasteiger partial charge on any atom is 0.225 e. The summed E-state index contributed by atoms with van der Waals surface area (Å²) in [7, 11) is 1.75. The van der Waals surface area contributed by atoms with Crippen molar-refractivity contribution in [3.8, 4) is 0 Å². The molecule has 0 aliphatic carbocycles. The van der Waals surface area contributed by atoms with E-state index >= 15 is 0 Å². The Bertz CT molecular complexity index is 649. The number of guanidine groups is 1. The van der Waals surface area contributed by atoms with Crippen molar-refractivity contribution in [2.24, 2.45) is 10.4 Å². The summed E-state index contributed by atoms with van der Waals surface area (Å²) in [5.74, 6) is 3.12. The Kier molecular flexibility index (Phi) is 8.97. The fourth-order valence-electron chi connectivity index (χ4n) is 2.70. The van der Waals surface area contributed by atoms with Crippen LogP contribution in [0.4, 0.5) is 0 Å².